The van der Waals surface area contributed by atoms with E-state index in [4.69, 9.17) is 32.2 Å². The lowest BCUT2D eigenvalue weighted by molar-refractivity contribution is -0.127. The zero-order chi connectivity index (χ0) is 15.8. The minimum Gasteiger partial charge on any atom is -0.497 e. The van der Waals surface area contributed by atoms with Crippen LogP contribution in [0.5, 0.6) is 11.5 Å². The number of rotatable bonds is 8. The summed E-state index contributed by atoms with van der Waals surface area (Å²) in [5, 5.41) is 2.70. The topological polar surface area (TPSA) is 82.8 Å². The number of nitrogens with one attached hydrogen (secondary N) is 1. The average molecular weight is 312 g/mol. The van der Waals surface area contributed by atoms with Crippen LogP contribution in [0, 0.1) is 0 Å². The molecule has 0 bridgehead atoms. The summed E-state index contributed by atoms with van der Waals surface area (Å²) >= 11 is 4.94. The van der Waals surface area contributed by atoms with Crippen LogP contribution in [0.3, 0.4) is 0 Å². The number of methoxy groups -OCH3 is 2. The van der Waals surface area contributed by atoms with E-state index in [1.54, 1.807) is 32.2 Å². The normalized spacial score (nSPS) is 11.6. The predicted octanol–water partition coefficient (Wildman–Crippen LogP) is 0.859. The van der Waals surface area contributed by atoms with Crippen molar-refractivity contribution in [2.45, 2.75) is 13.0 Å². The molecule has 0 aliphatic heterocycles. The van der Waals surface area contributed by atoms with Crippen molar-refractivity contribution in [3.63, 3.8) is 0 Å². The molecule has 1 amide bonds. The first-order chi connectivity index (χ1) is 9.97. The van der Waals surface area contributed by atoms with Gasteiger partial charge in [-0.2, -0.15) is 0 Å². The highest BCUT2D eigenvalue weighted by atomic mass is 32.1. The van der Waals surface area contributed by atoms with E-state index < -0.39 is 6.10 Å². The fraction of sp³-hybridized carbons (Fsp3) is 0.429. The van der Waals surface area contributed by atoms with Crippen molar-refractivity contribution in [1.82, 2.24) is 5.32 Å². The highest BCUT2D eigenvalue weighted by Crippen LogP contribution is 2.23. The molecule has 0 saturated heterocycles. The summed E-state index contributed by atoms with van der Waals surface area (Å²) in [6, 6.07) is 5.04. The quantitative estimate of drug-likeness (QED) is 0.547. The number of benzene rings is 1. The van der Waals surface area contributed by atoms with Gasteiger partial charge in [-0.15, -0.1) is 0 Å². The maximum atomic E-state index is 11.8. The summed E-state index contributed by atoms with van der Waals surface area (Å²) in [5.74, 6) is 0.792. The van der Waals surface area contributed by atoms with Crippen LogP contribution in [0.4, 0.5) is 0 Å². The Kier molecular flexibility index (Phi) is 6.90. The summed E-state index contributed by atoms with van der Waals surface area (Å²) in [6.07, 6.45) is -0.659. The third-order valence-electron chi connectivity index (χ3n) is 2.69. The van der Waals surface area contributed by atoms with Crippen molar-refractivity contribution in [2.75, 3.05) is 27.4 Å². The molecule has 0 aliphatic carbocycles. The molecular formula is C14H20N2O4S. The number of thiocarbonyl (C=S) groups is 1. The first-order valence-corrected chi connectivity index (χ1v) is 6.81. The Morgan fingerprint density at radius 3 is 2.57 bits per heavy atom. The van der Waals surface area contributed by atoms with Crippen molar-refractivity contribution < 1.29 is 19.0 Å². The van der Waals surface area contributed by atoms with Crippen LogP contribution in [0.15, 0.2) is 18.2 Å². The zero-order valence-corrected chi connectivity index (χ0v) is 13.2. The number of ether oxygens (including phenoxy) is 3. The van der Waals surface area contributed by atoms with Gasteiger partial charge >= 0.3 is 0 Å². The lowest BCUT2D eigenvalue weighted by Gasteiger charge is -2.16. The van der Waals surface area contributed by atoms with Gasteiger partial charge in [0.1, 0.15) is 16.5 Å². The van der Waals surface area contributed by atoms with Crippen molar-refractivity contribution in [1.29, 1.82) is 0 Å². The number of carbonyl (C=O) groups is 1. The van der Waals surface area contributed by atoms with Gasteiger partial charge in [-0.3, -0.25) is 4.79 Å². The Morgan fingerprint density at radius 2 is 2.00 bits per heavy atom. The zero-order valence-electron chi connectivity index (χ0n) is 12.3. The molecule has 1 atom stereocenters. The van der Waals surface area contributed by atoms with Crippen LogP contribution in [0.2, 0.25) is 0 Å². The molecule has 7 heteroatoms. The number of carbonyl (C=O) groups excluding carboxylic acids is 1. The van der Waals surface area contributed by atoms with E-state index in [1.165, 1.54) is 7.11 Å². The monoisotopic (exact) mass is 312 g/mol. The van der Waals surface area contributed by atoms with Gasteiger partial charge in [-0.25, -0.2) is 0 Å². The van der Waals surface area contributed by atoms with Gasteiger partial charge in [-0.1, -0.05) is 12.2 Å². The maximum Gasteiger partial charge on any atom is 0.260 e. The van der Waals surface area contributed by atoms with Crippen LogP contribution < -0.4 is 20.5 Å². The first kappa shape index (κ1) is 17.2. The summed E-state index contributed by atoms with van der Waals surface area (Å²) < 4.78 is 15.6. The summed E-state index contributed by atoms with van der Waals surface area (Å²) in [6.45, 7) is 2.53. The van der Waals surface area contributed by atoms with Gasteiger partial charge in [0.2, 0.25) is 0 Å². The van der Waals surface area contributed by atoms with Gasteiger partial charge < -0.3 is 25.3 Å². The van der Waals surface area contributed by atoms with Gasteiger partial charge in [0.05, 0.1) is 13.7 Å². The molecule has 0 spiro atoms. The maximum absolute atomic E-state index is 11.8. The van der Waals surface area contributed by atoms with E-state index in [9.17, 15) is 4.79 Å². The van der Waals surface area contributed by atoms with Crippen LogP contribution in [0.1, 0.15) is 12.5 Å². The number of hydrogen-bond acceptors (Lipinski definition) is 5. The van der Waals surface area contributed by atoms with Crippen LogP contribution in [-0.2, 0) is 9.53 Å². The first-order valence-electron chi connectivity index (χ1n) is 6.40. The highest BCUT2D eigenvalue weighted by molar-refractivity contribution is 7.80. The SMILES string of the molecule is COCCNC(=O)C(C)Oc1cc(OC)cc(C(N)=S)c1. The molecule has 116 valence electrons. The molecule has 1 unspecified atom stereocenters. The van der Waals surface area contributed by atoms with Gasteiger partial charge in [0.25, 0.3) is 5.91 Å². The largest absolute Gasteiger partial charge is 0.497 e. The van der Waals surface area contributed by atoms with E-state index >= 15 is 0 Å². The number of amides is 1. The van der Waals surface area contributed by atoms with Gasteiger partial charge in [0.15, 0.2) is 6.10 Å². The van der Waals surface area contributed by atoms with E-state index in [2.05, 4.69) is 5.32 Å². The Bertz CT molecular complexity index is 508. The molecule has 1 aromatic rings. The molecule has 0 aromatic heterocycles. The summed E-state index contributed by atoms with van der Waals surface area (Å²) in [7, 11) is 3.10. The third-order valence-corrected chi connectivity index (χ3v) is 2.92. The van der Waals surface area contributed by atoms with Crippen molar-refractivity contribution in [2.24, 2.45) is 5.73 Å². The number of nitrogens with two attached hydrogens (primary N) is 1. The Labute approximate surface area is 129 Å². The predicted molar refractivity (Wildman–Crippen MR) is 83.9 cm³/mol. The fourth-order valence-electron chi connectivity index (χ4n) is 1.58. The second-order valence-electron chi connectivity index (χ2n) is 4.31. The van der Waals surface area contributed by atoms with Crippen LogP contribution >= 0.6 is 12.2 Å². The molecule has 1 rings (SSSR count). The molecule has 0 aliphatic rings. The Hall–Kier alpha value is -1.86. The molecule has 1 aromatic carbocycles. The van der Waals surface area contributed by atoms with E-state index in [-0.39, 0.29) is 10.9 Å². The van der Waals surface area contributed by atoms with Crippen molar-refractivity contribution >= 4 is 23.1 Å². The lowest BCUT2D eigenvalue weighted by Crippen LogP contribution is -2.37. The van der Waals surface area contributed by atoms with Gasteiger partial charge in [-0.05, 0) is 19.1 Å². The van der Waals surface area contributed by atoms with Crippen molar-refractivity contribution in [3.8, 4) is 11.5 Å². The Morgan fingerprint density at radius 1 is 1.33 bits per heavy atom. The fourth-order valence-corrected chi connectivity index (χ4v) is 1.70. The van der Waals surface area contributed by atoms with Crippen molar-refractivity contribution in [3.05, 3.63) is 23.8 Å². The molecule has 0 saturated carbocycles. The second-order valence-corrected chi connectivity index (χ2v) is 4.75. The van der Waals surface area contributed by atoms with E-state index in [0.717, 1.165) is 0 Å². The molecular weight excluding hydrogens is 292 g/mol. The molecule has 0 heterocycles. The van der Waals surface area contributed by atoms with E-state index in [0.29, 0.717) is 30.2 Å². The van der Waals surface area contributed by atoms with E-state index in [1.807, 2.05) is 0 Å². The second kappa shape index (κ2) is 8.43. The standard InChI is InChI=1S/C14H20N2O4S/c1-9(14(17)16-4-5-18-2)20-12-7-10(13(15)21)6-11(8-12)19-3/h6-9H,4-5H2,1-3H3,(H2,15,21)(H,16,17). The molecule has 21 heavy (non-hydrogen) atoms. The molecule has 0 radical (unpaired) electrons. The summed E-state index contributed by atoms with van der Waals surface area (Å²) in [5.41, 5.74) is 6.22. The minimum absolute atomic E-state index is 0.230. The number of hydrogen-bond donors (Lipinski definition) is 2. The van der Waals surface area contributed by atoms with Gasteiger partial charge in [0, 0.05) is 25.3 Å². The van der Waals surface area contributed by atoms with Crippen LogP contribution in [-0.4, -0.2) is 44.4 Å². The smallest absolute Gasteiger partial charge is 0.260 e. The lowest BCUT2D eigenvalue weighted by atomic mass is 10.2. The molecule has 6 nitrogen and oxygen atoms in total. The third kappa shape index (κ3) is 5.57. The molecule has 3 N–H and O–H groups in total. The highest BCUT2D eigenvalue weighted by Gasteiger charge is 2.15. The average Bonchev–Trinajstić information content (AvgIpc) is 2.46. The Balaban J connectivity index is 2.74. The minimum atomic E-state index is -0.659. The van der Waals surface area contributed by atoms with Crippen LogP contribution in [0.25, 0.3) is 0 Å². The summed E-state index contributed by atoms with van der Waals surface area (Å²) in [4.78, 5) is 12.1. The molecule has 0 fully saturated rings.